The Morgan fingerprint density at radius 3 is 2.37 bits per heavy atom. The predicted octanol–water partition coefficient (Wildman–Crippen LogP) is 2.15. The molecule has 0 saturated carbocycles. The second-order valence-electron chi connectivity index (χ2n) is 3.62. The third-order valence-corrected chi connectivity index (χ3v) is 2.34. The van der Waals surface area contributed by atoms with Gasteiger partial charge in [-0.3, -0.25) is 4.79 Å². The summed E-state index contributed by atoms with van der Waals surface area (Å²) in [5.74, 6) is -0.169. The van der Waals surface area contributed by atoms with Gasteiger partial charge in [0.2, 0.25) is 0 Å². The van der Waals surface area contributed by atoms with Gasteiger partial charge in [0, 0.05) is 30.6 Å². The number of hydrogen-bond acceptors (Lipinski definition) is 3. The zero-order chi connectivity index (χ0) is 12.8. The van der Waals surface area contributed by atoms with Crippen LogP contribution in [0.3, 0.4) is 0 Å². The number of phenols is 1. The van der Waals surface area contributed by atoms with Gasteiger partial charge in [-0.1, -0.05) is 30.3 Å². The van der Waals surface area contributed by atoms with E-state index in [-0.39, 0.29) is 31.1 Å². The summed E-state index contributed by atoms with van der Waals surface area (Å²) < 4.78 is 0. The summed E-state index contributed by atoms with van der Waals surface area (Å²) in [7, 11) is 0. The fraction of sp³-hybridized carbons (Fsp3) is 0. The molecular formula is C14H12N2O2Zn. The predicted molar refractivity (Wildman–Crippen MR) is 69.6 cm³/mol. The van der Waals surface area contributed by atoms with Gasteiger partial charge in [-0.2, -0.15) is 5.10 Å². The smallest absolute Gasteiger partial charge is 0.271 e. The van der Waals surface area contributed by atoms with E-state index >= 15 is 0 Å². The van der Waals surface area contributed by atoms with E-state index in [2.05, 4.69) is 10.5 Å². The molecule has 0 bridgehead atoms. The zero-order valence-corrected chi connectivity index (χ0v) is 13.3. The minimum Gasteiger partial charge on any atom is -0.507 e. The number of nitrogens with one attached hydrogen (secondary N) is 1. The number of nitrogens with zero attached hydrogens (tertiary/aromatic N) is 1. The maximum absolute atomic E-state index is 11.6. The van der Waals surface area contributed by atoms with E-state index in [1.165, 1.54) is 6.21 Å². The van der Waals surface area contributed by atoms with E-state index < -0.39 is 0 Å². The molecule has 2 aromatic rings. The first kappa shape index (κ1) is 15.1. The average Bonchev–Trinajstić information content (AvgIpc) is 2.42. The minimum atomic E-state index is -0.290. The number of phenolic OH excluding ortho intramolecular Hbond substituents is 1. The van der Waals surface area contributed by atoms with Gasteiger partial charge in [0.25, 0.3) is 5.91 Å². The maximum Gasteiger partial charge on any atom is 0.271 e. The number of benzene rings is 2. The van der Waals surface area contributed by atoms with Crippen LogP contribution in [0.1, 0.15) is 15.9 Å². The Balaban J connectivity index is 0.00000180. The molecule has 92 valence electrons. The summed E-state index contributed by atoms with van der Waals surface area (Å²) in [5.41, 5.74) is 3.48. The van der Waals surface area contributed by atoms with E-state index in [4.69, 9.17) is 0 Å². The third-order valence-electron chi connectivity index (χ3n) is 2.34. The number of rotatable bonds is 3. The molecule has 0 fully saturated rings. The molecular weight excluding hydrogens is 294 g/mol. The van der Waals surface area contributed by atoms with Gasteiger partial charge in [0.1, 0.15) is 5.75 Å². The SMILES string of the molecule is O=C(NN=Cc1ccccc1O)c1ccccc1.[Zn]. The van der Waals surface area contributed by atoms with Gasteiger partial charge < -0.3 is 5.11 Å². The molecule has 0 spiro atoms. The molecule has 0 saturated heterocycles. The topological polar surface area (TPSA) is 61.7 Å². The maximum atomic E-state index is 11.6. The molecule has 1 amide bonds. The number of para-hydroxylation sites is 1. The van der Waals surface area contributed by atoms with Crippen molar-refractivity contribution < 1.29 is 29.4 Å². The number of amides is 1. The molecule has 2 rings (SSSR count). The first-order chi connectivity index (χ1) is 8.77. The van der Waals surface area contributed by atoms with Crippen molar-refractivity contribution in [2.75, 3.05) is 0 Å². The number of carbonyl (C=O) groups excluding carboxylic acids is 1. The molecule has 0 aliphatic rings. The van der Waals surface area contributed by atoms with Crippen molar-refractivity contribution in [3.05, 3.63) is 65.7 Å². The van der Waals surface area contributed by atoms with Crippen molar-refractivity contribution in [3.63, 3.8) is 0 Å². The average molecular weight is 306 g/mol. The van der Waals surface area contributed by atoms with Crippen LogP contribution in [0.25, 0.3) is 0 Å². The van der Waals surface area contributed by atoms with Crippen LogP contribution in [0.5, 0.6) is 5.75 Å². The molecule has 2 N–H and O–H groups in total. The molecule has 4 nitrogen and oxygen atoms in total. The monoisotopic (exact) mass is 304 g/mol. The van der Waals surface area contributed by atoms with Crippen LogP contribution in [0.4, 0.5) is 0 Å². The molecule has 2 aromatic carbocycles. The molecule has 19 heavy (non-hydrogen) atoms. The van der Waals surface area contributed by atoms with Crippen molar-refractivity contribution in [1.29, 1.82) is 0 Å². The Hall–Kier alpha value is -2.00. The molecule has 0 radical (unpaired) electrons. The second-order valence-corrected chi connectivity index (χ2v) is 3.62. The summed E-state index contributed by atoms with van der Waals surface area (Å²) in [5, 5.41) is 13.3. The van der Waals surface area contributed by atoms with Crippen LogP contribution in [0.2, 0.25) is 0 Å². The third kappa shape index (κ3) is 4.30. The van der Waals surface area contributed by atoms with Crippen molar-refractivity contribution in [1.82, 2.24) is 5.43 Å². The number of carbonyl (C=O) groups is 1. The number of hydrazone groups is 1. The van der Waals surface area contributed by atoms with Crippen LogP contribution in [-0.4, -0.2) is 17.2 Å². The standard InChI is InChI=1S/C14H12N2O2.Zn/c17-13-9-5-4-8-12(13)10-15-16-14(18)11-6-2-1-3-7-11;/h1-10,17H,(H,16,18);. The molecule has 0 aromatic heterocycles. The van der Waals surface area contributed by atoms with Crippen LogP contribution in [0, 0.1) is 0 Å². The van der Waals surface area contributed by atoms with Crippen molar-refractivity contribution >= 4 is 12.1 Å². The Bertz CT molecular complexity index is 571. The second kappa shape index (κ2) is 7.44. The first-order valence-corrected chi connectivity index (χ1v) is 5.44. The molecule has 0 aliphatic heterocycles. The normalized spacial score (nSPS) is 9.89. The Labute approximate surface area is 123 Å². The molecule has 0 aliphatic carbocycles. The molecule has 5 heteroatoms. The van der Waals surface area contributed by atoms with Crippen LogP contribution >= 0.6 is 0 Å². The van der Waals surface area contributed by atoms with Gasteiger partial charge in [-0.25, -0.2) is 5.43 Å². The zero-order valence-electron chi connectivity index (χ0n) is 10.3. The number of hydrogen-bond donors (Lipinski definition) is 2. The Morgan fingerprint density at radius 2 is 1.68 bits per heavy atom. The van der Waals surface area contributed by atoms with Gasteiger partial charge in [-0.15, -0.1) is 0 Å². The minimum absolute atomic E-state index is 0. The van der Waals surface area contributed by atoms with Crippen LogP contribution in [0.15, 0.2) is 59.7 Å². The van der Waals surface area contributed by atoms with Crippen molar-refractivity contribution in [3.8, 4) is 5.75 Å². The number of aromatic hydroxyl groups is 1. The van der Waals surface area contributed by atoms with E-state index in [1.54, 1.807) is 48.5 Å². The van der Waals surface area contributed by atoms with Gasteiger partial charge in [0.15, 0.2) is 0 Å². The molecule has 0 atom stereocenters. The fourth-order valence-electron chi connectivity index (χ4n) is 1.41. The summed E-state index contributed by atoms with van der Waals surface area (Å²) in [4.78, 5) is 11.6. The van der Waals surface area contributed by atoms with Gasteiger partial charge in [-0.05, 0) is 24.3 Å². The Morgan fingerprint density at radius 1 is 1.05 bits per heavy atom. The summed E-state index contributed by atoms with van der Waals surface area (Å²) in [6.45, 7) is 0. The van der Waals surface area contributed by atoms with E-state index in [1.807, 2.05) is 6.07 Å². The van der Waals surface area contributed by atoms with Crippen LogP contribution in [-0.2, 0) is 19.5 Å². The largest absolute Gasteiger partial charge is 0.507 e. The Kier molecular flexibility index (Phi) is 5.90. The summed E-state index contributed by atoms with van der Waals surface area (Å²) in [6.07, 6.45) is 1.40. The first-order valence-electron chi connectivity index (χ1n) is 5.44. The van der Waals surface area contributed by atoms with Crippen molar-refractivity contribution in [2.24, 2.45) is 5.10 Å². The van der Waals surface area contributed by atoms with Crippen molar-refractivity contribution in [2.45, 2.75) is 0 Å². The van der Waals surface area contributed by atoms with E-state index in [0.717, 1.165) is 0 Å². The molecule has 0 unspecified atom stereocenters. The van der Waals surface area contributed by atoms with Gasteiger partial charge in [0.05, 0.1) is 6.21 Å². The van der Waals surface area contributed by atoms with Gasteiger partial charge >= 0.3 is 0 Å². The summed E-state index contributed by atoms with van der Waals surface area (Å²) in [6, 6.07) is 15.5. The quantitative estimate of drug-likeness (QED) is 0.518. The fourth-order valence-corrected chi connectivity index (χ4v) is 1.41. The van der Waals surface area contributed by atoms with E-state index in [9.17, 15) is 9.90 Å². The van der Waals surface area contributed by atoms with Crippen LogP contribution < -0.4 is 5.43 Å². The van der Waals surface area contributed by atoms with E-state index in [0.29, 0.717) is 11.1 Å². The molecule has 0 heterocycles. The summed E-state index contributed by atoms with van der Waals surface area (Å²) >= 11 is 0.